The largest absolute Gasteiger partial charge is 0.475 e. The Kier molecular flexibility index (Phi) is 2.99. The molecule has 15 heavy (non-hydrogen) atoms. The number of halogens is 6. The molecule has 0 fully saturated rings. The van der Waals surface area contributed by atoms with Crippen LogP contribution < -0.4 is 0 Å². The molecule has 0 aromatic carbocycles. The van der Waals surface area contributed by atoms with Crippen molar-refractivity contribution in [2.24, 2.45) is 5.10 Å². The fourth-order valence-electron chi connectivity index (χ4n) is 0.961. The fourth-order valence-corrected chi connectivity index (χ4v) is 1.32. The number of hydrogen-bond acceptors (Lipinski definition) is 3. The predicted molar refractivity (Wildman–Crippen MR) is 43.4 cm³/mol. The minimum absolute atomic E-state index is 0.134. The summed E-state index contributed by atoms with van der Waals surface area (Å²) in [5, 5.41) is 4.22. The molecule has 1 aliphatic rings. The van der Waals surface area contributed by atoms with Crippen LogP contribution in [0.1, 0.15) is 6.92 Å². The van der Waals surface area contributed by atoms with Crippen molar-refractivity contribution in [2.75, 3.05) is 6.54 Å². The number of nitrogens with zero attached hydrogens (tertiary/aromatic N) is 3. The molecule has 0 amide bonds. The van der Waals surface area contributed by atoms with Crippen molar-refractivity contribution in [2.45, 2.75) is 24.8 Å². The van der Waals surface area contributed by atoms with Gasteiger partial charge in [0, 0.05) is 6.54 Å². The van der Waals surface area contributed by atoms with Crippen molar-refractivity contribution >= 4 is 17.9 Å². The van der Waals surface area contributed by atoms with Crippen LogP contribution in [0.25, 0.3) is 0 Å². The molecule has 0 aromatic rings. The molecular formula is C6H7ClF5N3. The van der Waals surface area contributed by atoms with Gasteiger partial charge in [0.25, 0.3) is 0 Å². The lowest BCUT2D eigenvalue weighted by Gasteiger charge is -2.32. The molecule has 0 aliphatic carbocycles. The first-order valence-electron chi connectivity index (χ1n) is 3.89. The Morgan fingerprint density at radius 3 is 2.20 bits per heavy atom. The maximum absolute atomic E-state index is 12.8. The van der Waals surface area contributed by atoms with Gasteiger partial charge in [-0.15, -0.1) is 0 Å². The zero-order valence-corrected chi connectivity index (χ0v) is 8.23. The summed E-state index contributed by atoms with van der Waals surface area (Å²) < 4.78 is 61.5. The molecule has 0 aromatic heterocycles. The van der Waals surface area contributed by atoms with E-state index in [2.05, 4.69) is 5.10 Å². The highest BCUT2D eigenvalue weighted by molar-refractivity contribution is 6.21. The molecule has 1 unspecified atom stereocenters. The molecule has 0 saturated heterocycles. The standard InChI is InChI=1S/C6H7ClF5N3/c1-2-15-4(7)14(3-13-15)6(11,12)5(8,9)10/h3-4H,2H2,1H3. The van der Waals surface area contributed by atoms with E-state index in [1.54, 1.807) is 0 Å². The SMILES string of the molecule is CCN1N=CN(C(F)(F)C(F)(F)F)C1Cl. The van der Waals surface area contributed by atoms with Gasteiger partial charge < -0.3 is 0 Å². The second-order valence-electron chi connectivity index (χ2n) is 2.74. The number of hydrogen-bond donors (Lipinski definition) is 0. The Hall–Kier alpha value is -0.790. The third-order valence-electron chi connectivity index (χ3n) is 1.79. The van der Waals surface area contributed by atoms with Gasteiger partial charge in [-0.25, -0.2) is 0 Å². The van der Waals surface area contributed by atoms with Crippen LogP contribution in [-0.4, -0.2) is 40.6 Å². The topological polar surface area (TPSA) is 18.8 Å². The summed E-state index contributed by atoms with van der Waals surface area (Å²) in [6.45, 7) is 1.66. The van der Waals surface area contributed by atoms with Gasteiger partial charge in [0.1, 0.15) is 6.34 Å². The molecule has 1 atom stereocenters. The molecule has 0 spiro atoms. The van der Waals surface area contributed by atoms with Crippen LogP contribution in [0, 0.1) is 0 Å². The normalized spacial score (nSPS) is 22.7. The van der Waals surface area contributed by atoms with Crippen molar-refractivity contribution in [3.05, 3.63) is 0 Å². The van der Waals surface area contributed by atoms with Gasteiger partial charge in [-0.2, -0.15) is 27.1 Å². The lowest BCUT2D eigenvalue weighted by atomic mass is 10.5. The number of alkyl halides is 6. The van der Waals surface area contributed by atoms with E-state index in [0.29, 0.717) is 6.34 Å². The highest BCUT2D eigenvalue weighted by Crippen LogP contribution is 2.40. The maximum Gasteiger partial charge on any atom is 0.475 e. The van der Waals surface area contributed by atoms with Crippen LogP contribution in [0.4, 0.5) is 22.0 Å². The van der Waals surface area contributed by atoms with Crippen molar-refractivity contribution in [1.82, 2.24) is 9.91 Å². The van der Waals surface area contributed by atoms with Gasteiger partial charge in [-0.1, -0.05) is 11.6 Å². The van der Waals surface area contributed by atoms with Gasteiger partial charge in [-0.05, 0) is 6.92 Å². The fraction of sp³-hybridized carbons (Fsp3) is 0.833. The first kappa shape index (κ1) is 12.3. The number of hydrazone groups is 1. The highest BCUT2D eigenvalue weighted by atomic mass is 35.5. The Bertz CT molecular complexity index is 266. The van der Waals surface area contributed by atoms with Crippen LogP contribution in [0.5, 0.6) is 0 Å². The van der Waals surface area contributed by atoms with Crippen LogP contribution in [0.15, 0.2) is 5.10 Å². The first-order chi connectivity index (χ1) is 6.71. The summed E-state index contributed by atoms with van der Waals surface area (Å²) in [5.74, 6) is 0. The second kappa shape index (κ2) is 3.66. The molecule has 1 rings (SSSR count). The van der Waals surface area contributed by atoms with E-state index >= 15 is 0 Å². The van der Waals surface area contributed by atoms with E-state index in [0.717, 1.165) is 5.01 Å². The van der Waals surface area contributed by atoms with Crippen LogP contribution in [-0.2, 0) is 0 Å². The highest BCUT2D eigenvalue weighted by Gasteiger charge is 2.64. The van der Waals surface area contributed by atoms with Crippen molar-refractivity contribution < 1.29 is 22.0 Å². The summed E-state index contributed by atoms with van der Waals surface area (Å²) in [4.78, 5) is -0.335. The summed E-state index contributed by atoms with van der Waals surface area (Å²) in [5.41, 5.74) is -1.63. The smallest absolute Gasteiger partial charge is 0.259 e. The van der Waals surface area contributed by atoms with Crippen molar-refractivity contribution in [1.29, 1.82) is 0 Å². The van der Waals surface area contributed by atoms with Crippen molar-refractivity contribution in [3.63, 3.8) is 0 Å². The number of rotatable bonds is 2. The Morgan fingerprint density at radius 1 is 1.33 bits per heavy atom. The zero-order valence-electron chi connectivity index (χ0n) is 7.47. The van der Waals surface area contributed by atoms with Gasteiger partial charge in [0.05, 0.1) is 0 Å². The zero-order chi connectivity index (χ0) is 11.9. The molecule has 0 radical (unpaired) electrons. The van der Waals surface area contributed by atoms with Gasteiger partial charge in [0.2, 0.25) is 5.62 Å². The van der Waals surface area contributed by atoms with Crippen molar-refractivity contribution in [3.8, 4) is 0 Å². The van der Waals surface area contributed by atoms with Crippen LogP contribution in [0.3, 0.4) is 0 Å². The Labute approximate surface area is 87.1 Å². The summed E-state index contributed by atoms with van der Waals surface area (Å²) in [6.07, 6.45) is -5.30. The maximum atomic E-state index is 12.8. The molecule has 3 nitrogen and oxygen atoms in total. The Morgan fingerprint density at radius 2 is 1.87 bits per heavy atom. The van der Waals surface area contributed by atoms with Crippen LogP contribution in [0.2, 0.25) is 0 Å². The van der Waals surface area contributed by atoms with Gasteiger partial charge in [0.15, 0.2) is 0 Å². The molecule has 88 valence electrons. The van der Waals surface area contributed by atoms with E-state index in [1.807, 2.05) is 0 Å². The lowest BCUT2D eigenvalue weighted by Crippen LogP contribution is -2.54. The monoisotopic (exact) mass is 251 g/mol. The third kappa shape index (κ3) is 1.95. The Balaban J connectivity index is 2.88. The second-order valence-corrected chi connectivity index (χ2v) is 3.13. The third-order valence-corrected chi connectivity index (χ3v) is 2.22. The molecule has 9 heteroatoms. The molecular weight excluding hydrogens is 245 g/mol. The van der Waals surface area contributed by atoms with Gasteiger partial charge in [-0.3, -0.25) is 9.91 Å². The average molecular weight is 252 g/mol. The molecule has 0 saturated carbocycles. The first-order valence-corrected chi connectivity index (χ1v) is 4.33. The van der Waals surface area contributed by atoms with Crippen LogP contribution >= 0.6 is 11.6 Å². The van der Waals surface area contributed by atoms with Gasteiger partial charge >= 0.3 is 12.2 Å². The van der Waals surface area contributed by atoms with E-state index < -0.39 is 17.8 Å². The van der Waals surface area contributed by atoms with E-state index in [4.69, 9.17) is 11.6 Å². The van der Waals surface area contributed by atoms with E-state index in [9.17, 15) is 22.0 Å². The molecule has 1 aliphatic heterocycles. The molecule has 0 N–H and O–H groups in total. The summed E-state index contributed by atoms with van der Waals surface area (Å²) in [7, 11) is 0. The summed E-state index contributed by atoms with van der Waals surface area (Å²) in [6, 6.07) is -5.02. The minimum Gasteiger partial charge on any atom is -0.259 e. The van der Waals surface area contributed by atoms with E-state index in [1.165, 1.54) is 6.92 Å². The minimum atomic E-state index is -5.68. The predicted octanol–water partition coefficient (Wildman–Crippen LogP) is 2.24. The summed E-state index contributed by atoms with van der Waals surface area (Å²) >= 11 is 5.38. The molecule has 0 bridgehead atoms. The average Bonchev–Trinajstić information content (AvgIpc) is 2.44. The quantitative estimate of drug-likeness (QED) is 0.426. The lowest BCUT2D eigenvalue weighted by molar-refractivity contribution is -0.329. The van der Waals surface area contributed by atoms with E-state index in [-0.39, 0.29) is 11.4 Å². The molecule has 1 heterocycles.